The van der Waals surface area contributed by atoms with Crippen molar-refractivity contribution in [3.8, 4) is 0 Å². The number of aliphatic hydroxyl groups is 1. The van der Waals surface area contributed by atoms with E-state index in [9.17, 15) is 24.4 Å². The highest BCUT2D eigenvalue weighted by atomic mass is 19.1. The first-order valence-electron chi connectivity index (χ1n) is 5.63. The van der Waals surface area contributed by atoms with Gasteiger partial charge in [-0.3, -0.25) is 14.9 Å². The molecule has 1 N–H and O–H groups in total. The van der Waals surface area contributed by atoms with Crippen molar-refractivity contribution in [2.75, 3.05) is 0 Å². The summed E-state index contributed by atoms with van der Waals surface area (Å²) in [5, 5.41) is 20.0. The topological polar surface area (TPSA) is 80.4 Å². The van der Waals surface area contributed by atoms with Crippen LogP contribution in [0.1, 0.15) is 30.7 Å². The van der Waals surface area contributed by atoms with Crippen molar-refractivity contribution in [3.05, 3.63) is 39.7 Å². The minimum Gasteiger partial charge on any atom is -0.385 e. The number of non-ortho nitro benzene ring substituents is 1. The summed E-state index contributed by atoms with van der Waals surface area (Å²) >= 11 is 0. The van der Waals surface area contributed by atoms with Crippen LogP contribution in [-0.4, -0.2) is 21.9 Å². The van der Waals surface area contributed by atoms with Gasteiger partial charge in [-0.1, -0.05) is 0 Å². The van der Waals surface area contributed by atoms with Gasteiger partial charge in [0.05, 0.1) is 11.0 Å². The molecule has 18 heavy (non-hydrogen) atoms. The van der Waals surface area contributed by atoms with E-state index in [1.165, 1.54) is 12.1 Å². The van der Waals surface area contributed by atoms with Crippen LogP contribution in [0.25, 0.3) is 0 Å². The molecule has 0 aromatic heterocycles. The van der Waals surface area contributed by atoms with E-state index >= 15 is 0 Å². The molecule has 5 nitrogen and oxygen atoms in total. The summed E-state index contributed by atoms with van der Waals surface area (Å²) in [5.41, 5.74) is 0.0239. The molecule has 2 atom stereocenters. The number of carbonyl (C=O) groups excluding carboxylic acids is 1. The van der Waals surface area contributed by atoms with Gasteiger partial charge in [0.1, 0.15) is 11.9 Å². The summed E-state index contributed by atoms with van der Waals surface area (Å²) in [4.78, 5) is 21.0. The molecule has 0 heterocycles. The fraction of sp³-hybridized carbons (Fsp3) is 0.417. The van der Waals surface area contributed by atoms with E-state index in [-0.39, 0.29) is 30.2 Å². The SMILES string of the molecule is O=C1CCC(c2ccc([N+](=O)[O-])cc2F)CC1O. The fourth-order valence-corrected chi connectivity index (χ4v) is 2.25. The maximum absolute atomic E-state index is 13.7. The second-order valence-electron chi connectivity index (χ2n) is 4.42. The normalized spacial score (nSPS) is 24.0. The lowest BCUT2D eigenvalue weighted by molar-refractivity contribution is -0.385. The maximum Gasteiger partial charge on any atom is 0.272 e. The number of Topliss-reactive ketones (excluding diaryl/α,β-unsaturated/α-hetero) is 1. The largest absolute Gasteiger partial charge is 0.385 e. The van der Waals surface area contributed by atoms with Gasteiger partial charge in [-0.25, -0.2) is 4.39 Å². The monoisotopic (exact) mass is 253 g/mol. The second kappa shape index (κ2) is 4.81. The quantitative estimate of drug-likeness (QED) is 0.645. The molecule has 6 heteroatoms. The number of halogens is 1. The molecule has 2 unspecified atom stereocenters. The lowest BCUT2D eigenvalue weighted by Crippen LogP contribution is -2.28. The summed E-state index contributed by atoms with van der Waals surface area (Å²) in [6.45, 7) is 0. The van der Waals surface area contributed by atoms with Crippen LogP contribution in [0.15, 0.2) is 18.2 Å². The third-order valence-electron chi connectivity index (χ3n) is 3.25. The smallest absolute Gasteiger partial charge is 0.272 e. The van der Waals surface area contributed by atoms with Crippen LogP contribution >= 0.6 is 0 Å². The number of carbonyl (C=O) groups is 1. The molecular formula is C12H12FNO4. The Labute approximate surface area is 102 Å². The van der Waals surface area contributed by atoms with Crippen molar-refractivity contribution in [1.29, 1.82) is 0 Å². The van der Waals surface area contributed by atoms with Crippen molar-refractivity contribution in [3.63, 3.8) is 0 Å². The molecule has 1 aliphatic rings. The maximum atomic E-state index is 13.7. The molecule has 1 aliphatic carbocycles. The van der Waals surface area contributed by atoms with Crippen LogP contribution in [0.5, 0.6) is 0 Å². The number of nitro benzene ring substituents is 1. The van der Waals surface area contributed by atoms with Crippen LogP contribution in [-0.2, 0) is 4.79 Å². The highest BCUT2D eigenvalue weighted by molar-refractivity contribution is 5.83. The van der Waals surface area contributed by atoms with Gasteiger partial charge < -0.3 is 5.11 Å². The van der Waals surface area contributed by atoms with Crippen molar-refractivity contribution in [1.82, 2.24) is 0 Å². The van der Waals surface area contributed by atoms with Gasteiger partial charge in [0.25, 0.3) is 5.69 Å². The predicted molar refractivity (Wildman–Crippen MR) is 60.7 cm³/mol. The number of hydrogen-bond acceptors (Lipinski definition) is 4. The zero-order valence-electron chi connectivity index (χ0n) is 9.51. The third kappa shape index (κ3) is 2.38. The third-order valence-corrected chi connectivity index (χ3v) is 3.25. The molecule has 1 aromatic rings. The molecule has 1 saturated carbocycles. The predicted octanol–water partition coefficient (Wildman–Crippen LogP) is 1.93. The highest BCUT2D eigenvalue weighted by Crippen LogP contribution is 2.34. The van der Waals surface area contributed by atoms with Crippen LogP contribution in [0, 0.1) is 15.9 Å². The van der Waals surface area contributed by atoms with E-state index in [0.29, 0.717) is 12.0 Å². The van der Waals surface area contributed by atoms with Crippen molar-refractivity contribution < 1.29 is 19.2 Å². The highest BCUT2D eigenvalue weighted by Gasteiger charge is 2.29. The van der Waals surface area contributed by atoms with E-state index in [0.717, 1.165) is 6.07 Å². The number of benzene rings is 1. The minimum atomic E-state index is -1.06. The lowest BCUT2D eigenvalue weighted by atomic mass is 9.81. The zero-order valence-corrected chi connectivity index (χ0v) is 9.51. The molecule has 0 bridgehead atoms. The Bertz CT molecular complexity index is 503. The number of nitrogens with zero attached hydrogens (tertiary/aromatic N) is 1. The Morgan fingerprint density at radius 1 is 1.44 bits per heavy atom. The van der Waals surface area contributed by atoms with E-state index < -0.39 is 16.8 Å². The molecule has 1 fully saturated rings. The van der Waals surface area contributed by atoms with Gasteiger partial charge in [0.15, 0.2) is 5.78 Å². The van der Waals surface area contributed by atoms with Gasteiger partial charge in [-0.2, -0.15) is 0 Å². The molecular weight excluding hydrogens is 241 g/mol. The van der Waals surface area contributed by atoms with Gasteiger partial charge >= 0.3 is 0 Å². The van der Waals surface area contributed by atoms with E-state index in [2.05, 4.69) is 0 Å². The Hall–Kier alpha value is -1.82. The lowest BCUT2D eigenvalue weighted by Gasteiger charge is -2.25. The summed E-state index contributed by atoms with van der Waals surface area (Å²) in [7, 11) is 0. The molecule has 96 valence electrons. The summed E-state index contributed by atoms with van der Waals surface area (Å²) in [6, 6.07) is 3.47. The van der Waals surface area contributed by atoms with Crippen molar-refractivity contribution in [2.24, 2.45) is 0 Å². The molecule has 0 amide bonds. The number of hydrogen-bond donors (Lipinski definition) is 1. The molecule has 0 aliphatic heterocycles. The average Bonchev–Trinajstić information content (AvgIpc) is 2.32. The van der Waals surface area contributed by atoms with Crippen molar-refractivity contribution in [2.45, 2.75) is 31.3 Å². The fourth-order valence-electron chi connectivity index (χ4n) is 2.25. The summed E-state index contributed by atoms with van der Waals surface area (Å²) < 4.78 is 13.7. The summed E-state index contributed by atoms with van der Waals surface area (Å²) in [5.74, 6) is -1.15. The van der Waals surface area contributed by atoms with Crippen LogP contribution < -0.4 is 0 Å². The van der Waals surface area contributed by atoms with Crippen LogP contribution in [0.4, 0.5) is 10.1 Å². The van der Waals surface area contributed by atoms with Crippen molar-refractivity contribution >= 4 is 11.5 Å². The number of aliphatic hydroxyl groups excluding tert-OH is 1. The molecule has 0 spiro atoms. The van der Waals surface area contributed by atoms with E-state index in [4.69, 9.17) is 0 Å². The number of nitro groups is 1. The Balaban J connectivity index is 2.24. The van der Waals surface area contributed by atoms with E-state index in [1.807, 2.05) is 0 Å². The molecule has 0 saturated heterocycles. The second-order valence-corrected chi connectivity index (χ2v) is 4.42. The average molecular weight is 253 g/mol. The molecule has 0 radical (unpaired) electrons. The Kier molecular flexibility index (Phi) is 3.38. The first kappa shape index (κ1) is 12.6. The first-order chi connectivity index (χ1) is 8.49. The zero-order chi connectivity index (χ0) is 13.3. The Morgan fingerprint density at radius 3 is 2.72 bits per heavy atom. The number of ketones is 1. The molecule has 1 aromatic carbocycles. The van der Waals surface area contributed by atoms with Gasteiger partial charge in [-0.15, -0.1) is 0 Å². The van der Waals surface area contributed by atoms with E-state index in [1.54, 1.807) is 0 Å². The van der Waals surface area contributed by atoms with Crippen LogP contribution in [0.3, 0.4) is 0 Å². The Morgan fingerprint density at radius 2 is 2.17 bits per heavy atom. The van der Waals surface area contributed by atoms with Gasteiger partial charge in [-0.05, 0) is 30.4 Å². The van der Waals surface area contributed by atoms with Gasteiger partial charge in [0, 0.05) is 12.5 Å². The first-order valence-corrected chi connectivity index (χ1v) is 5.63. The standard InChI is InChI=1S/C12H12FNO4/c13-10-6-8(14(17)18)2-3-9(10)7-1-4-11(15)12(16)5-7/h2-3,6-7,12,16H,1,4-5H2. The summed E-state index contributed by atoms with van der Waals surface area (Å²) in [6.07, 6.45) is -0.209. The molecule has 2 rings (SSSR count). The minimum absolute atomic E-state index is 0.174. The van der Waals surface area contributed by atoms with Crippen LogP contribution in [0.2, 0.25) is 0 Å². The number of rotatable bonds is 2. The van der Waals surface area contributed by atoms with Gasteiger partial charge in [0.2, 0.25) is 0 Å².